The number of ether oxygens (including phenoxy) is 1. The molecule has 1 saturated carbocycles. The van der Waals surface area contributed by atoms with Gasteiger partial charge < -0.3 is 10.5 Å². The van der Waals surface area contributed by atoms with E-state index in [1.165, 1.54) is 38.6 Å². The first kappa shape index (κ1) is 13.3. The van der Waals surface area contributed by atoms with Gasteiger partial charge in [-0.2, -0.15) is 0 Å². The fraction of sp³-hybridized carbons (Fsp3) is 1.00. The van der Waals surface area contributed by atoms with Gasteiger partial charge in [0, 0.05) is 12.6 Å². The lowest BCUT2D eigenvalue weighted by Gasteiger charge is -2.44. The third-order valence-corrected chi connectivity index (χ3v) is 4.48. The molecule has 0 aromatic heterocycles. The van der Waals surface area contributed by atoms with Crippen LogP contribution in [0.3, 0.4) is 0 Å². The maximum Gasteiger partial charge on any atom is 0.0730 e. The van der Waals surface area contributed by atoms with Crippen LogP contribution in [0.5, 0.6) is 0 Å². The lowest BCUT2D eigenvalue weighted by Crippen LogP contribution is -2.53. The van der Waals surface area contributed by atoms with Gasteiger partial charge in [0.15, 0.2) is 0 Å². The lowest BCUT2D eigenvalue weighted by molar-refractivity contribution is -0.0900. The third kappa shape index (κ3) is 3.43. The van der Waals surface area contributed by atoms with Crippen LogP contribution in [0.15, 0.2) is 0 Å². The van der Waals surface area contributed by atoms with Gasteiger partial charge in [0.2, 0.25) is 0 Å². The molecule has 100 valence electrons. The van der Waals surface area contributed by atoms with Crippen molar-refractivity contribution in [1.29, 1.82) is 0 Å². The Labute approximate surface area is 106 Å². The van der Waals surface area contributed by atoms with Crippen molar-refractivity contribution in [3.8, 4) is 0 Å². The minimum atomic E-state index is 0.280. The maximum atomic E-state index is 5.90. The number of hydrogen-bond donors (Lipinski definition) is 1. The molecule has 0 amide bonds. The zero-order valence-electron chi connectivity index (χ0n) is 11.5. The van der Waals surface area contributed by atoms with E-state index in [-0.39, 0.29) is 5.41 Å². The largest absolute Gasteiger partial charge is 0.375 e. The predicted molar refractivity (Wildman–Crippen MR) is 71.0 cm³/mol. The molecule has 3 nitrogen and oxygen atoms in total. The average molecular weight is 240 g/mol. The van der Waals surface area contributed by atoms with Gasteiger partial charge in [0.1, 0.15) is 0 Å². The van der Waals surface area contributed by atoms with Gasteiger partial charge in [-0.25, -0.2) is 0 Å². The van der Waals surface area contributed by atoms with Crippen molar-refractivity contribution in [2.24, 2.45) is 11.1 Å². The summed E-state index contributed by atoms with van der Waals surface area (Å²) < 4.78 is 5.90. The Morgan fingerprint density at radius 1 is 1.29 bits per heavy atom. The fourth-order valence-corrected chi connectivity index (χ4v) is 3.00. The monoisotopic (exact) mass is 240 g/mol. The van der Waals surface area contributed by atoms with Crippen molar-refractivity contribution in [2.75, 3.05) is 26.2 Å². The van der Waals surface area contributed by atoms with Gasteiger partial charge in [0.25, 0.3) is 0 Å². The molecule has 0 aromatic rings. The van der Waals surface area contributed by atoms with Crippen molar-refractivity contribution in [2.45, 2.75) is 58.1 Å². The molecule has 0 bridgehead atoms. The minimum absolute atomic E-state index is 0.280. The Morgan fingerprint density at radius 3 is 2.82 bits per heavy atom. The molecular formula is C14H28N2O. The van der Waals surface area contributed by atoms with Crippen LogP contribution in [0.1, 0.15) is 46.0 Å². The molecule has 0 radical (unpaired) electrons. The van der Waals surface area contributed by atoms with E-state index in [2.05, 4.69) is 18.7 Å². The Morgan fingerprint density at radius 2 is 2.06 bits per heavy atom. The molecule has 2 unspecified atom stereocenters. The summed E-state index contributed by atoms with van der Waals surface area (Å²) in [6.07, 6.45) is 7.03. The molecule has 1 heterocycles. The minimum Gasteiger partial charge on any atom is -0.375 e. The van der Waals surface area contributed by atoms with Crippen LogP contribution in [0.2, 0.25) is 0 Å². The van der Waals surface area contributed by atoms with Crippen LogP contribution in [0.4, 0.5) is 0 Å². The number of fused-ring (bicyclic) bond motifs is 1. The number of rotatable bonds is 4. The van der Waals surface area contributed by atoms with Gasteiger partial charge in [-0.15, -0.1) is 0 Å². The SMILES string of the molecule is CC(C)(CN)CCN1CCOC2CCCCC21. The van der Waals surface area contributed by atoms with Crippen LogP contribution < -0.4 is 5.73 Å². The summed E-state index contributed by atoms with van der Waals surface area (Å²) in [5, 5.41) is 0. The van der Waals surface area contributed by atoms with Crippen molar-refractivity contribution in [1.82, 2.24) is 4.90 Å². The Balaban J connectivity index is 1.86. The van der Waals surface area contributed by atoms with Crippen molar-refractivity contribution in [3.05, 3.63) is 0 Å². The molecule has 0 spiro atoms. The first-order valence-corrected chi connectivity index (χ1v) is 7.18. The van der Waals surface area contributed by atoms with Crippen LogP contribution in [-0.2, 0) is 4.74 Å². The zero-order valence-corrected chi connectivity index (χ0v) is 11.5. The Kier molecular flexibility index (Phi) is 4.45. The maximum absolute atomic E-state index is 5.90. The summed E-state index contributed by atoms with van der Waals surface area (Å²) in [6, 6.07) is 0.686. The first-order valence-electron chi connectivity index (χ1n) is 7.18. The molecule has 0 aromatic carbocycles. The summed E-state index contributed by atoms with van der Waals surface area (Å²) in [5.41, 5.74) is 6.09. The summed E-state index contributed by atoms with van der Waals surface area (Å²) in [7, 11) is 0. The molecule has 2 atom stereocenters. The molecule has 2 N–H and O–H groups in total. The highest BCUT2D eigenvalue weighted by Gasteiger charge is 2.34. The van der Waals surface area contributed by atoms with Crippen molar-refractivity contribution >= 4 is 0 Å². The molecule has 1 aliphatic heterocycles. The zero-order chi connectivity index (χ0) is 12.3. The number of hydrogen-bond acceptors (Lipinski definition) is 3. The van der Waals surface area contributed by atoms with E-state index in [1.807, 2.05) is 0 Å². The highest BCUT2D eigenvalue weighted by molar-refractivity contribution is 4.88. The van der Waals surface area contributed by atoms with E-state index >= 15 is 0 Å². The van der Waals surface area contributed by atoms with E-state index in [0.29, 0.717) is 12.1 Å². The van der Waals surface area contributed by atoms with Gasteiger partial charge in [0.05, 0.1) is 12.7 Å². The van der Waals surface area contributed by atoms with Crippen LogP contribution >= 0.6 is 0 Å². The van der Waals surface area contributed by atoms with Crippen LogP contribution in [0, 0.1) is 5.41 Å². The molecule has 1 saturated heterocycles. The second-order valence-corrected chi connectivity index (χ2v) is 6.42. The number of morpholine rings is 1. The smallest absolute Gasteiger partial charge is 0.0730 e. The van der Waals surface area contributed by atoms with E-state index in [1.54, 1.807) is 0 Å². The third-order valence-electron chi connectivity index (χ3n) is 4.48. The summed E-state index contributed by atoms with van der Waals surface area (Å²) in [6.45, 7) is 8.55. The molecule has 1 aliphatic carbocycles. The van der Waals surface area contributed by atoms with Gasteiger partial charge >= 0.3 is 0 Å². The Hall–Kier alpha value is -0.120. The van der Waals surface area contributed by atoms with Crippen LogP contribution in [0.25, 0.3) is 0 Å². The first-order chi connectivity index (χ1) is 8.12. The topological polar surface area (TPSA) is 38.5 Å². The second-order valence-electron chi connectivity index (χ2n) is 6.42. The highest BCUT2D eigenvalue weighted by atomic mass is 16.5. The van der Waals surface area contributed by atoms with Gasteiger partial charge in [-0.3, -0.25) is 4.90 Å². The van der Waals surface area contributed by atoms with Crippen molar-refractivity contribution in [3.63, 3.8) is 0 Å². The van der Waals surface area contributed by atoms with E-state index < -0.39 is 0 Å². The van der Waals surface area contributed by atoms with Crippen LogP contribution in [-0.4, -0.2) is 43.3 Å². The number of nitrogens with zero attached hydrogens (tertiary/aromatic N) is 1. The number of nitrogens with two attached hydrogens (primary N) is 1. The quantitative estimate of drug-likeness (QED) is 0.817. The van der Waals surface area contributed by atoms with E-state index in [4.69, 9.17) is 10.5 Å². The fourth-order valence-electron chi connectivity index (χ4n) is 3.00. The normalized spacial score (nSPS) is 31.2. The molecule has 2 rings (SSSR count). The average Bonchev–Trinajstić information content (AvgIpc) is 2.36. The molecular weight excluding hydrogens is 212 g/mol. The summed E-state index contributed by atoms with van der Waals surface area (Å²) >= 11 is 0. The van der Waals surface area contributed by atoms with E-state index in [9.17, 15) is 0 Å². The molecule has 17 heavy (non-hydrogen) atoms. The predicted octanol–water partition coefficient (Wildman–Crippen LogP) is 2.00. The van der Waals surface area contributed by atoms with E-state index in [0.717, 1.165) is 19.7 Å². The Bertz CT molecular complexity index is 240. The summed E-state index contributed by atoms with van der Waals surface area (Å²) in [4.78, 5) is 2.66. The van der Waals surface area contributed by atoms with Gasteiger partial charge in [-0.1, -0.05) is 26.7 Å². The lowest BCUT2D eigenvalue weighted by atomic mass is 9.87. The second kappa shape index (κ2) is 5.68. The summed E-state index contributed by atoms with van der Waals surface area (Å²) in [5.74, 6) is 0. The van der Waals surface area contributed by atoms with Crippen molar-refractivity contribution < 1.29 is 4.74 Å². The highest BCUT2D eigenvalue weighted by Crippen LogP contribution is 2.29. The van der Waals surface area contributed by atoms with Gasteiger partial charge in [-0.05, 0) is 37.8 Å². The molecule has 2 aliphatic rings. The molecule has 2 fully saturated rings. The molecule has 3 heteroatoms. The standard InChI is InChI=1S/C14H28N2O/c1-14(2,11-15)7-8-16-9-10-17-13-6-4-3-5-12(13)16/h12-13H,3-11,15H2,1-2H3.